The summed E-state index contributed by atoms with van der Waals surface area (Å²) >= 11 is 3.54. The van der Waals surface area contributed by atoms with Crippen LogP contribution in [0.4, 0.5) is 0 Å². The molecule has 1 aliphatic rings. The molecule has 0 spiro atoms. The fourth-order valence-corrected chi connectivity index (χ4v) is 5.61. The molecule has 0 aromatic carbocycles. The lowest BCUT2D eigenvalue weighted by Gasteiger charge is -2.30. The van der Waals surface area contributed by atoms with Crippen molar-refractivity contribution < 1.29 is 0 Å². The number of hydrogen-bond acceptors (Lipinski definition) is 5. The first-order chi connectivity index (χ1) is 13.3. The Balaban J connectivity index is 1.55. The molecule has 0 amide bonds. The number of hydrogen-bond donors (Lipinski definition) is 0. The van der Waals surface area contributed by atoms with Crippen molar-refractivity contribution in [1.29, 1.82) is 0 Å². The van der Waals surface area contributed by atoms with E-state index < -0.39 is 0 Å². The van der Waals surface area contributed by atoms with Gasteiger partial charge in [0, 0.05) is 35.1 Å². The number of rotatable bonds is 7. The van der Waals surface area contributed by atoms with Crippen molar-refractivity contribution in [2.75, 3.05) is 5.75 Å². The van der Waals surface area contributed by atoms with Crippen LogP contribution in [-0.4, -0.2) is 25.5 Å². The van der Waals surface area contributed by atoms with Gasteiger partial charge in [-0.05, 0) is 55.2 Å². The normalized spacial score (nSPS) is 16.5. The van der Waals surface area contributed by atoms with Gasteiger partial charge in [-0.2, -0.15) is 11.3 Å². The van der Waals surface area contributed by atoms with E-state index in [1.54, 1.807) is 11.3 Å². The number of pyridine rings is 1. The Morgan fingerprint density at radius 2 is 2.11 bits per heavy atom. The number of thiophene rings is 1. The van der Waals surface area contributed by atoms with Gasteiger partial charge in [0.05, 0.1) is 0 Å². The molecule has 0 aliphatic heterocycles. The van der Waals surface area contributed by atoms with Gasteiger partial charge in [0.2, 0.25) is 0 Å². The van der Waals surface area contributed by atoms with Crippen LogP contribution in [0.25, 0.3) is 11.4 Å². The molecule has 1 aliphatic carbocycles. The second-order valence-electron chi connectivity index (χ2n) is 7.29. The Bertz CT molecular complexity index is 823. The Morgan fingerprint density at radius 3 is 2.85 bits per heavy atom. The van der Waals surface area contributed by atoms with Crippen LogP contribution < -0.4 is 0 Å². The monoisotopic (exact) mass is 398 g/mol. The molecule has 27 heavy (non-hydrogen) atoms. The molecule has 0 unspecified atom stereocenters. The van der Waals surface area contributed by atoms with Gasteiger partial charge in [0.15, 0.2) is 11.0 Å². The predicted octanol–water partition coefficient (Wildman–Crippen LogP) is 5.88. The van der Waals surface area contributed by atoms with Crippen molar-refractivity contribution in [3.05, 3.63) is 46.9 Å². The van der Waals surface area contributed by atoms with Gasteiger partial charge in [-0.3, -0.25) is 9.55 Å². The zero-order valence-electron chi connectivity index (χ0n) is 15.8. The minimum absolute atomic E-state index is 0.441. The van der Waals surface area contributed by atoms with E-state index in [2.05, 4.69) is 49.6 Å². The van der Waals surface area contributed by atoms with Crippen molar-refractivity contribution in [2.45, 2.75) is 56.6 Å². The number of aromatic nitrogens is 4. The van der Waals surface area contributed by atoms with Gasteiger partial charge in [-0.15, -0.1) is 10.2 Å². The average Bonchev–Trinajstić information content (AvgIpc) is 3.39. The summed E-state index contributed by atoms with van der Waals surface area (Å²) in [5.41, 5.74) is 2.46. The highest BCUT2D eigenvalue weighted by Gasteiger charge is 2.27. The third-order valence-corrected chi connectivity index (χ3v) is 7.16. The van der Waals surface area contributed by atoms with E-state index in [1.165, 1.54) is 43.2 Å². The first kappa shape index (κ1) is 18.7. The summed E-state index contributed by atoms with van der Waals surface area (Å²) in [7, 11) is 0. The van der Waals surface area contributed by atoms with Crippen LogP contribution in [0, 0.1) is 5.92 Å². The van der Waals surface area contributed by atoms with E-state index in [0.29, 0.717) is 6.04 Å². The van der Waals surface area contributed by atoms with Gasteiger partial charge in [-0.1, -0.05) is 37.1 Å². The van der Waals surface area contributed by atoms with Crippen molar-refractivity contribution in [3.63, 3.8) is 0 Å². The van der Waals surface area contributed by atoms with Gasteiger partial charge < -0.3 is 0 Å². The number of nitrogens with zero attached hydrogens (tertiary/aromatic N) is 4. The molecule has 3 aromatic rings. The molecule has 0 radical (unpaired) electrons. The van der Waals surface area contributed by atoms with Crippen LogP contribution in [0.15, 0.2) is 46.5 Å². The van der Waals surface area contributed by atoms with Crippen LogP contribution in [-0.2, 0) is 6.42 Å². The Labute approximate surface area is 169 Å². The quantitative estimate of drug-likeness (QED) is 0.466. The minimum atomic E-state index is 0.441. The molecule has 1 saturated carbocycles. The van der Waals surface area contributed by atoms with Crippen molar-refractivity contribution in [2.24, 2.45) is 5.92 Å². The summed E-state index contributed by atoms with van der Waals surface area (Å²) in [6.07, 6.45) is 11.5. The van der Waals surface area contributed by atoms with E-state index >= 15 is 0 Å². The minimum Gasteiger partial charge on any atom is -0.299 e. The Kier molecular flexibility index (Phi) is 6.24. The van der Waals surface area contributed by atoms with Crippen LogP contribution >= 0.6 is 23.1 Å². The van der Waals surface area contributed by atoms with Gasteiger partial charge in [0.25, 0.3) is 0 Å². The van der Waals surface area contributed by atoms with E-state index in [0.717, 1.165) is 29.1 Å². The molecular formula is C21H26N4S2. The molecule has 0 saturated heterocycles. The molecule has 3 aromatic heterocycles. The predicted molar refractivity (Wildman–Crippen MR) is 113 cm³/mol. The fraction of sp³-hybridized carbons (Fsp3) is 0.476. The topological polar surface area (TPSA) is 43.6 Å². The number of thioether (sulfide) groups is 1. The molecular weight excluding hydrogens is 372 g/mol. The van der Waals surface area contributed by atoms with Gasteiger partial charge in [-0.25, -0.2) is 0 Å². The molecule has 1 fully saturated rings. The Hall–Kier alpha value is -1.66. The largest absolute Gasteiger partial charge is 0.299 e. The molecule has 0 N–H and O–H groups in total. The maximum atomic E-state index is 4.59. The van der Waals surface area contributed by atoms with Gasteiger partial charge in [0.1, 0.15) is 0 Å². The Morgan fingerprint density at radius 1 is 1.22 bits per heavy atom. The molecule has 142 valence electrons. The maximum absolute atomic E-state index is 4.59. The third-order valence-electron chi connectivity index (χ3n) is 5.53. The SMILES string of the molecule is C[C@H](C1CCCCC1)n1c(SCCc2cccnc2)nnc1-c1ccsc1. The zero-order chi connectivity index (χ0) is 18.5. The lowest BCUT2D eigenvalue weighted by molar-refractivity contribution is 0.256. The zero-order valence-corrected chi connectivity index (χ0v) is 17.4. The highest BCUT2D eigenvalue weighted by atomic mass is 32.2. The summed E-state index contributed by atoms with van der Waals surface area (Å²) in [6, 6.07) is 6.74. The van der Waals surface area contributed by atoms with Crippen LogP contribution in [0.3, 0.4) is 0 Å². The summed E-state index contributed by atoms with van der Waals surface area (Å²) in [5, 5.41) is 14.5. The molecule has 6 heteroatoms. The summed E-state index contributed by atoms with van der Waals surface area (Å²) < 4.78 is 2.41. The van der Waals surface area contributed by atoms with Crippen molar-refractivity contribution in [1.82, 2.24) is 19.7 Å². The maximum Gasteiger partial charge on any atom is 0.191 e. The highest BCUT2D eigenvalue weighted by molar-refractivity contribution is 7.99. The summed E-state index contributed by atoms with van der Waals surface area (Å²) in [5.74, 6) is 2.74. The summed E-state index contributed by atoms with van der Waals surface area (Å²) in [6.45, 7) is 2.36. The standard InChI is InChI=1S/C21H26N4S2/c1-16(18-7-3-2-4-8-18)25-20(19-10-12-26-15-19)23-24-21(25)27-13-9-17-6-5-11-22-14-17/h5-6,10-12,14-16,18H,2-4,7-9,13H2,1H3/t16-/m1/s1. The van der Waals surface area contributed by atoms with Crippen LogP contribution in [0.1, 0.15) is 50.6 Å². The van der Waals surface area contributed by atoms with E-state index in [-0.39, 0.29) is 0 Å². The van der Waals surface area contributed by atoms with Crippen LogP contribution in [0.5, 0.6) is 0 Å². The third kappa shape index (κ3) is 4.43. The first-order valence-corrected chi connectivity index (χ1v) is 11.7. The van der Waals surface area contributed by atoms with E-state index in [4.69, 9.17) is 0 Å². The molecule has 3 heterocycles. The lowest BCUT2D eigenvalue weighted by atomic mass is 9.84. The van der Waals surface area contributed by atoms with E-state index in [1.807, 2.05) is 30.2 Å². The van der Waals surface area contributed by atoms with Crippen molar-refractivity contribution in [3.8, 4) is 11.4 Å². The highest BCUT2D eigenvalue weighted by Crippen LogP contribution is 2.37. The van der Waals surface area contributed by atoms with E-state index in [9.17, 15) is 0 Å². The second kappa shape index (κ2) is 9.02. The summed E-state index contributed by atoms with van der Waals surface area (Å²) in [4.78, 5) is 4.21. The second-order valence-corrected chi connectivity index (χ2v) is 9.13. The average molecular weight is 399 g/mol. The molecule has 4 rings (SSSR count). The van der Waals surface area contributed by atoms with Crippen LogP contribution in [0.2, 0.25) is 0 Å². The molecule has 4 nitrogen and oxygen atoms in total. The van der Waals surface area contributed by atoms with Gasteiger partial charge >= 0.3 is 0 Å². The molecule has 0 bridgehead atoms. The first-order valence-electron chi connectivity index (χ1n) is 9.82. The smallest absolute Gasteiger partial charge is 0.191 e. The molecule has 1 atom stereocenters. The fourth-order valence-electron chi connectivity index (χ4n) is 3.96. The lowest BCUT2D eigenvalue weighted by Crippen LogP contribution is -2.20. The van der Waals surface area contributed by atoms with Crippen molar-refractivity contribution >= 4 is 23.1 Å². The number of aryl methyl sites for hydroxylation is 1.